The van der Waals surface area contributed by atoms with Gasteiger partial charge in [-0.15, -0.1) is 0 Å². The molecule has 1 heterocycles. The lowest BCUT2D eigenvalue weighted by Gasteiger charge is -2.15. The Hall–Kier alpha value is -2.08. The second-order valence-electron chi connectivity index (χ2n) is 3.85. The Bertz CT molecular complexity index is 553. The number of H-pyrrole nitrogens is 1. The summed E-state index contributed by atoms with van der Waals surface area (Å²) in [5.41, 5.74) is 1.49. The monoisotopic (exact) mass is 265 g/mol. The van der Waals surface area contributed by atoms with Crippen LogP contribution in [0, 0.1) is 0 Å². The number of aromatic amines is 1. The first kappa shape index (κ1) is 12.4. The van der Waals surface area contributed by atoms with Crippen molar-refractivity contribution in [3.05, 3.63) is 35.4 Å². The first-order valence-electron chi connectivity index (χ1n) is 5.21. The smallest absolute Gasteiger partial charge is 0.292 e. The molecule has 2 aromatic rings. The van der Waals surface area contributed by atoms with Crippen molar-refractivity contribution in [2.75, 3.05) is 24.3 Å². The summed E-state index contributed by atoms with van der Waals surface area (Å²) in [4.78, 5) is 17.4. The Kier molecular flexibility index (Phi) is 3.47. The van der Waals surface area contributed by atoms with Gasteiger partial charge in [-0.2, -0.15) is 5.10 Å². The third-order valence-electron chi connectivity index (χ3n) is 2.32. The number of rotatable bonds is 3. The lowest BCUT2D eigenvalue weighted by Crippen LogP contribution is -2.14. The van der Waals surface area contributed by atoms with Gasteiger partial charge in [0, 0.05) is 19.8 Å². The summed E-state index contributed by atoms with van der Waals surface area (Å²) in [5.74, 6) is -0.205. The number of hydrogen-bond donors (Lipinski definition) is 2. The maximum atomic E-state index is 11.7. The van der Waals surface area contributed by atoms with Crippen molar-refractivity contribution >= 4 is 28.9 Å². The van der Waals surface area contributed by atoms with Gasteiger partial charge in [-0.05, 0) is 18.2 Å². The molecule has 1 aromatic carbocycles. The minimum absolute atomic E-state index is 0.155. The topological polar surface area (TPSA) is 73.9 Å². The Morgan fingerprint density at radius 2 is 2.22 bits per heavy atom. The second kappa shape index (κ2) is 5.05. The molecule has 18 heavy (non-hydrogen) atoms. The highest BCUT2D eigenvalue weighted by molar-refractivity contribution is 6.33. The van der Waals surface area contributed by atoms with Crippen LogP contribution in [0.4, 0.5) is 11.4 Å². The van der Waals surface area contributed by atoms with E-state index in [2.05, 4.69) is 20.5 Å². The summed E-state index contributed by atoms with van der Waals surface area (Å²) >= 11 is 6.10. The number of aromatic nitrogens is 3. The summed E-state index contributed by atoms with van der Waals surface area (Å²) in [7, 11) is 3.79. The maximum absolute atomic E-state index is 11.7. The minimum Gasteiger partial charge on any atom is -0.376 e. The lowest BCUT2D eigenvalue weighted by molar-refractivity contribution is 0.101. The zero-order valence-corrected chi connectivity index (χ0v) is 10.7. The van der Waals surface area contributed by atoms with Gasteiger partial charge in [0.25, 0.3) is 5.91 Å². The van der Waals surface area contributed by atoms with Crippen LogP contribution in [0.1, 0.15) is 10.6 Å². The van der Waals surface area contributed by atoms with Crippen LogP contribution in [-0.2, 0) is 0 Å². The van der Waals surface area contributed by atoms with Crippen LogP contribution in [-0.4, -0.2) is 35.2 Å². The van der Waals surface area contributed by atoms with Crippen LogP contribution in [0.15, 0.2) is 24.5 Å². The zero-order chi connectivity index (χ0) is 13.1. The van der Waals surface area contributed by atoms with E-state index < -0.39 is 0 Å². The van der Waals surface area contributed by atoms with E-state index in [-0.39, 0.29) is 11.7 Å². The third-order valence-corrected chi connectivity index (χ3v) is 2.62. The largest absolute Gasteiger partial charge is 0.376 e. The van der Waals surface area contributed by atoms with E-state index >= 15 is 0 Å². The van der Waals surface area contributed by atoms with Gasteiger partial charge in [0.2, 0.25) is 5.82 Å². The number of carbonyl (C=O) groups is 1. The van der Waals surface area contributed by atoms with Crippen molar-refractivity contribution in [1.29, 1.82) is 0 Å². The molecule has 0 fully saturated rings. The molecule has 0 unspecified atom stereocenters. The van der Waals surface area contributed by atoms with Crippen molar-refractivity contribution in [3.8, 4) is 0 Å². The molecule has 0 saturated heterocycles. The number of carbonyl (C=O) groups excluding carboxylic acids is 1. The molecule has 2 rings (SSSR count). The minimum atomic E-state index is -0.360. The fourth-order valence-corrected chi connectivity index (χ4v) is 1.80. The number of hydrogen-bond acceptors (Lipinski definition) is 4. The van der Waals surface area contributed by atoms with E-state index in [9.17, 15) is 4.79 Å². The number of nitrogens with zero attached hydrogens (tertiary/aromatic N) is 3. The predicted molar refractivity (Wildman–Crippen MR) is 70.1 cm³/mol. The molecule has 94 valence electrons. The molecule has 1 aromatic heterocycles. The van der Waals surface area contributed by atoms with Crippen LogP contribution in [0.2, 0.25) is 5.02 Å². The summed E-state index contributed by atoms with van der Waals surface area (Å²) in [6, 6.07) is 5.29. The molecule has 2 N–H and O–H groups in total. The number of halogens is 1. The molecule has 0 atom stereocenters. The van der Waals surface area contributed by atoms with E-state index in [1.165, 1.54) is 6.33 Å². The molecular formula is C11H12ClN5O. The zero-order valence-electron chi connectivity index (χ0n) is 9.94. The first-order chi connectivity index (χ1) is 8.58. The van der Waals surface area contributed by atoms with Gasteiger partial charge in [-0.25, -0.2) is 4.98 Å². The molecule has 0 bridgehead atoms. The van der Waals surface area contributed by atoms with Gasteiger partial charge in [0.1, 0.15) is 6.33 Å². The highest BCUT2D eigenvalue weighted by atomic mass is 35.5. The Balaban J connectivity index is 2.16. The van der Waals surface area contributed by atoms with Gasteiger partial charge in [-0.3, -0.25) is 9.89 Å². The predicted octanol–water partition coefficient (Wildman–Crippen LogP) is 1.78. The van der Waals surface area contributed by atoms with E-state index in [0.717, 1.165) is 5.69 Å². The quantitative estimate of drug-likeness (QED) is 0.887. The highest BCUT2D eigenvalue weighted by Gasteiger charge is 2.10. The summed E-state index contributed by atoms with van der Waals surface area (Å²) in [5, 5.41) is 9.34. The lowest BCUT2D eigenvalue weighted by atomic mass is 10.2. The number of nitrogens with one attached hydrogen (secondary N) is 2. The average molecular weight is 266 g/mol. The van der Waals surface area contributed by atoms with Crippen molar-refractivity contribution in [2.24, 2.45) is 0 Å². The van der Waals surface area contributed by atoms with Crippen LogP contribution in [0.5, 0.6) is 0 Å². The van der Waals surface area contributed by atoms with Gasteiger partial charge in [0.05, 0.1) is 10.7 Å². The first-order valence-corrected chi connectivity index (χ1v) is 5.59. The van der Waals surface area contributed by atoms with Crippen molar-refractivity contribution in [1.82, 2.24) is 15.2 Å². The van der Waals surface area contributed by atoms with Gasteiger partial charge in [-0.1, -0.05) is 11.6 Å². The molecule has 1 amide bonds. The van der Waals surface area contributed by atoms with Crippen molar-refractivity contribution in [3.63, 3.8) is 0 Å². The van der Waals surface area contributed by atoms with Gasteiger partial charge in [0.15, 0.2) is 0 Å². The Morgan fingerprint density at radius 3 is 2.78 bits per heavy atom. The molecule has 7 heteroatoms. The third kappa shape index (κ3) is 2.60. The number of benzene rings is 1. The summed E-state index contributed by atoms with van der Waals surface area (Å²) in [6.45, 7) is 0. The molecule has 0 saturated carbocycles. The highest BCUT2D eigenvalue weighted by Crippen LogP contribution is 2.27. The van der Waals surface area contributed by atoms with Crippen molar-refractivity contribution < 1.29 is 4.79 Å². The molecule has 0 aliphatic heterocycles. The summed E-state index contributed by atoms with van der Waals surface area (Å²) in [6.07, 6.45) is 1.27. The van der Waals surface area contributed by atoms with E-state index in [0.29, 0.717) is 10.7 Å². The summed E-state index contributed by atoms with van der Waals surface area (Å²) < 4.78 is 0. The molecule has 0 aliphatic rings. The molecule has 0 spiro atoms. The van der Waals surface area contributed by atoms with E-state index in [1.54, 1.807) is 12.1 Å². The molecular weight excluding hydrogens is 254 g/mol. The van der Waals surface area contributed by atoms with Crippen LogP contribution >= 0.6 is 11.6 Å². The fraction of sp³-hybridized carbons (Fsp3) is 0.182. The number of amides is 1. The molecule has 6 nitrogen and oxygen atoms in total. The van der Waals surface area contributed by atoms with Crippen molar-refractivity contribution in [2.45, 2.75) is 0 Å². The van der Waals surface area contributed by atoms with Crippen LogP contribution in [0.25, 0.3) is 0 Å². The maximum Gasteiger partial charge on any atom is 0.292 e. The normalized spacial score (nSPS) is 10.2. The van der Waals surface area contributed by atoms with E-state index in [1.807, 2.05) is 25.1 Å². The van der Waals surface area contributed by atoms with Crippen LogP contribution in [0.3, 0.4) is 0 Å². The van der Waals surface area contributed by atoms with Gasteiger partial charge >= 0.3 is 0 Å². The van der Waals surface area contributed by atoms with Gasteiger partial charge < -0.3 is 10.2 Å². The van der Waals surface area contributed by atoms with E-state index in [4.69, 9.17) is 11.6 Å². The number of anilines is 2. The SMILES string of the molecule is CN(C)c1ccc(NC(=O)c2ncn[nH]2)cc1Cl. The molecule has 0 radical (unpaired) electrons. The Morgan fingerprint density at radius 1 is 1.44 bits per heavy atom. The molecule has 0 aliphatic carbocycles. The van der Waals surface area contributed by atoms with Crippen LogP contribution < -0.4 is 10.2 Å². The second-order valence-corrected chi connectivity index (χ2v) is 4.26. The standard InChI is InChI=1S/C11H12ClN5O/c1-17(2)9-4-3-7(5-8(9)12)15-11(18)10-13-6-14-16-10/h3-6H,1-2H3,(H,15,18)(H,13,14,16). The fourth-order valence-electron chi connectivity index (χ4n) is 1.45. The Labute approximate surface area is 109 Å². The average Bonchev–Trinajstić information content (AvgIpc) is 2.81.